The van der Waals surface area contributed by atoms with Crippen LogP contribution in [0.5, 0.6) is 0 Å². The van der Waals surface area contributed by atoms with Gasteiger partial charge in [0.1, 0.15) is 18.0 Å². The molecule has 2 atom stereocenters. The van der Waals surface area contributed by atoms with Crippen LogP contribution < -0.4 is 16.0 Å². The van der Waals surface area contributed by atoms with Crippen molar-refractivity contribution in [2.75, 3.05) is 32.1 Å². The van der Waals surface area contributed by atoms with E-state index in [9.17, 15) is 13.6 Å². The van der Waals surface area contributed by atoms with Gasteiger partial charge in [-0.1, -0.05) is 19.9 Å². The van der Waals surface area contributed by atoms with Crippen LogP contribution in [-0.2, 0) is 22.4 Å². The smallest absolute Gasteiger partial charge is 0.242 e. The average molecular weight is 476 g/mol. The number of anilines is 1. The summed E-state index contributed by atoms with van der Waals surface area (Å²) in [4.78, 5) is 17.3. The number of nitrogens with zero attached hydrogens (tertiary/aromatic N) is 2. The molecule has 0 spiro atoms. The number of nitrogens with one attached hydrogen (secondary N) is 3. The van der Waals surface area contributed by atoms with Gasteiger partial charge < -0.3 is 25.3 Å². The zero-order valence-electron chi connectivity index (χ0n) is 20.0. The fourth-order valence-corrected chi connectivity index (χ4v) is 4.23. The molecule has 0 fully saturated rings. The molecule has 1 heterocycles. The molecule has 2 aromatic rings. The van der Waals surface area contributed by atoms with Gasteiger partial charge >= 0.3 is 0 Å². The van der Waals surface area contributed by atoms with Gasteiger partial charge in [-0.3, -0.25) is 4.79 Å². The van der Waals surface area contributed by atoms with Crippen LogP contribution in [0.1, 0.15) is 43.7 Å². The number of hydrogen-bond acceptors (Lipinski definition) is 5. The van der Waals surface area contributed by atoms with Crippen molar-refractivity contribution in [1.82, 2.24) is 20.2 Å². The molecule has 0 saturated carbocycles. The van der Waals surface area contributed by atoms with Crippen molar-refractivity contribution in [3.8, 4) is 0 Å². The second kappa shape index (κ2) is 12.7. The fourth-order valence-electron chi connectivity index (χ4n) is 4.23. The summed E-state index contributed by atoms with van der Waals surface area (Å²) in [5.74, 6) is -0.795. The predicted octanol–water partition coefficient (Wildman–Crippen LogP) is 3.51. The van der Waals surface area contributed by atoms with Crippen molar-refractivity contribution in [2.24, 2.45) is 0 Å². The van der Waals surface area contributed by atoms with Gasteiger partial charge in [-0.25, -0.2) is 13.8 Å². The van der Waals surface area contributed by atoms with Crippen LogP contribution in [0.4, 0.5) is 14.6 Å². The van der Waals surface area contributed by atoms with Crippen molar-refractivity contribution in [2.45, 2.75) is 57.5 Å². The van der Waals surface area contributed by atoms with Crippen molar-refractivity contribution in [3.63, 3.8) is 0 Å². The SMILES string of the molecule is C=C(CNCCCOC)n1cnc(NC(=O)[C@H](CCC)N[C@H]2CCc3cc(F)cc(F)c3C2)c1. The molecule has 0 aliphatic heterocycles. The van der Waals surface area contributed by atoms with Crippen LogP contribution in [0.25, 0.3) is 5.70 Å². The minimum atomic E-state index is -0.546. The summed E-state index contributed by atoms with van der Waals surface area (Å²) in [6.07, 6.45) is 7.45. The molecule has 0 unspecified atom stereocenters. The van der Waals surface area contributed by atoms with E-state index in [-0.39, 0.29) is 11.9 Å². The Hall–Kier alpha value is -2.62. The maximum atomic E-state index is 14.3. The van der Waals surface area contributed by atoms with E-state index in [2.05, 4.69) is 27.5 Å². The lowest BCUT2D eigenvalue weighted by Gasteiger charge is -2.29. The van der Waals surface area contributed by atoms with Crippen molar-refractivity contribution in [1.29, 1.82) is 0 Å². The monoisotopic (exact) mass is 475 g/mol. The Morgan fingerprint density at radius 2 is 2.21 bits per heavy atom. The van der Waals surface area contributed by atoms with E-state index in [1.54, 1.807) is 24.2 Å². The summed E-state index contributed by atoms with van der Waals surface area (Å²) in [6.45, 7) is 8.19. The third-order valence-electron chi connectivity index (χ3n) is 6.03. The number of fused-ring (bicyclic) bond motifs is 1. The Kier molecular flexibility index (Phi) is 9.74. The number of imidazole rings is 1. The number of methoxy groups -OCH3 is 1. The van der Waals surface area contributed by atoms with Crippen molar-refractivity contribution in [3.05, 3.63) is 54.0 Å². The lowest BCUT2D eigenvalue weighted by molar-refractivity contribution is -0.118. The minimum absolute atomic E-state index is 0.0590. The molecule has 9 heteroatoms. The van der Waals surface area contributed by atoms with Crippen LogP contribution in [-0.4, -0.2) is 54.3 Å². The van der Waals surface area contributed by atoms with E-state index >= 15 is 0 Å². The van der Waals surface area contributed by atoms with E-state index < -0.39 is 17.7 Å². The van der Waals surface area contributed by atoms with Crippen LogP contribution in [0, 0.1) is 11.6 Å². The highest BCUT2D eigenvalue weighted by atomic mass is 19.1. The molecule has 186 valence electrons. The fraction of sp³-hybridized carbons (Fsp3) is 0.520. The molecule has 0 radical (unpaired) electrons. The first kappa shape index (κ1) is 26.0. The highest BCUT2D eigenvalue weighted by molar-refractivity contribution is 5.94. The van der Waals surface area contributed by atoms with Crippen LogP contribution in [0.3, 0.4) is 0 Å². The van der Waals surface area contributed by atoms with E-state index in [0.29, 0.717) is 49.4 Å². The summed E-state index contributed by atoms with van der Waals surface area (Å²) in [6, 6.07) is 1.84. The maximum Gasteiger partial charge on any atom is 0.242 e. The van der Waals surface area contributed by atoms with Gasteiger partial charge in [-0.2, -0.15) is 0 Å². The number of aryl methyl sites for hydroxylation is 1. The van der Waals surface area contributed by atoms with Gasteiger partial charge in [0.2, 0.25) is 5.91 Å². The van der Waals surface area contributed by atoms with Crippen molar-refractivity contribution < 1.29 is 18.3 Å². The summed E-state index contributed by atoms with van der Waals surface area (Å²) in [7, 11) is 1.68. The van der Waals surface area contributed by atoms with Gasteiger partial charge in [0.25, 0.3) is 0 Å². The minimum Gasteiger partial charge on any atom is -0.385 e. The highest BCUT2D eigenvalue weighted by Crippen LogP contribution is 2.26. The highest BCUT2D eigenvalue weighted by Gasteiger charge is 2.27. The molecule has 0 saturated heterocycles. The lowest BCUT2D eigenvalue weighted by Crippen LogP contribution is -2.48. The third-order valence-corrected chi connectivity index (χ3v) is 6.03. The van der Waals surface area contributed by atoms with Crippen LogP contribution in [0.2, 0.25) is 0 Å². The summed E-state index contributed by atoms with van der Waals surface area (Å²) in [5.41, 5.74) is 2.06. The van der Waals surface area contributed by atoms with Crippen molar-refractivity contribution >= 4 is 17.4 Å². The number of carbonyl (C=O) groups excluding carboxylic acids is 1. The Bertz CT molecular complexity index is 978. The zero-order valence-corrected chi connectivity index (χ0v) is 20.0. The quantitative estimate of drug-likeness (QED) is 0.387. The Labute approximate surface area is 200 Å². The van der Waals surface area contributed by atoms with Gasteiger partial charge in [0, 0.05) is 38.1 Å². The number of hydrogen-bond donors (Lipinski definition) is 3. The molecule has 1 aromatic heterocycles. The normalized spacial score (nSPS) is 16.2. The Balaban J connectivity index is 1.54. The lowest BCUT2D eigenvalue weighted by atomic mass is 9.87. The molecule has 3 N–H and O–H groups in total. The Morgan fingerprint density at radius 1 is 1.38 bits per heavy atom. The number of ether oxygens (including phenoxy) is 1. The van der Waals surface area contributed by atoms with Crippen LogP contribution >= 0.6 is 0 Å². The largest absolute Gasteiger partial charge is 0.385 e. The third kappa shape index (κ3) is 7.19. The molecular formula is C25H35F2N5O2. The second-order valence-electron chi connectivity index (χ2n) is 8.72. The number of rotatable bonds is 13. The number of amides is 1. The topological polar surface area (TPSA) is 80.2 Å². The first-order valence-electron chi connectivity index (χ1n) is 11.9. The molecule has 7 nitrogen and oxygen atoms in total. The molecular weight excluding hydrogens is 440 g/mol. The number of benzene rings is 1. The summed E-state index contributed by atoms with van der Waals surface area (Å²) in [5, 5.41) is 9.56. The zero-order chi connectivity index (χ0) is 24.5. The average Bonchev–Trinajstić information content (AvgIpc) is 3.27. The standard InChI is InChI=1S/C25H35F2N5O2/c1-4-6-23(30-20-8-7-18-11-19(26)12-22(27)21(18)13-20)25(33)31-24-15-32(16-29-24)17(2)14-28-9-5-10-34-3/h11-12,15-16,20,23,28,30H,2,4-10,13-14H2,1,3H3,(H,31,33)/t20-,23-/m0/s1. The first-order chi connectivity index (χ1) is 16.4. The van der Waals surface area contributed by atoms with E-state index in [0.717, 1.165) is 37.6 Å². The second-order valence-corrected chi connectivity index (χ2v) is 8.72. The molecule has 0 bridgehead atoms. The molecule has 1 aromatic carbocycles. The summed E-state index contributed by atoms with van der Waals surface area (Å²) < 4.78 is 34.6. The Morgan fingerprint density at radius 3 is 2.97 bits per heavy atom. The van der Waals surface area contributed by atoms with E-state index in [4.69, 9.17) is 4.74 Å². The first-order valence-corrected chi connectivity index (χ1v) is 11.9. The molecule has 34 heavy (non-hydrogen) atoms. The number of halogens is 2. The van der Waals surface area contributed by atoms with Gasteiger partial charge in [0.05, 0.1) is 12.2 Å². The van der Waals surface area contributed by atoms with Gasteiger partial charge in [0.15, 0.2) is 5.82 Å². The van der Waals surface area contributed by atoms with Crippen LogP contribution in [0.15, 0.2) is 31.2 Å². The van der Waals surface area contributed by atoms with E-state index in [1.807, 2.05) is 6.92 Å². The molecule has 1 aliphatic rings. The van der Waals surface area contributed by atoms with E-state index in [1.165, 1.54) is 6.07 Å². The number of carbonyl (C=O) groups is 1. The van der Waals surface area contributed by atoms with Gasteiger partial charge in [-0.15, -0.1) is 0 Å². The summed E-state index contributed by atoms with van der Waals surface area (Å²) >= 11 is 0. The molecule has 3 rings (SSSR count). The maximum absolute atomic E-state index is 14.3. The number of aromatic nitrogens is 2. The predicted molar refractivity (Wildman–Crippen MR) is 130 cm³/mol. The molecule has 1 aliphatic carbocycles. The van der Waals surface area contributed by atoms with Gasteiger partial charge in [-0.05, 0) is 55.8 Å². The molecule has 1 amide bonds.